The normalized spacial score (nSPS) is 13.7. The van der Waals surface area contributed by atoms with Crippen molar-refractivity contribution >= 4 is 33.5 Å². The number of aromatic nitrogens is 1. The number of hydrogen-bond acceptors (Lipinski definition) is 1. The van der Waals surface area contributed by atoms with Gasteiger partial charge in [0.05, 0.1) is 17.6 Å². The van der Waals surface area contributed by atoms with E-state index in [-0.39, 0.29) is 5.41 Å². The van der Waals surface area contributed by atoms with Crippen molar-refractivity contribution in [3.8, 4) is 27.9 Å². The van der Waals surface area contributed by atoms with E-state index in [2.05, 4.69) is 158 Å². The van der Waals surface area contributed by atoms with Crippen molar-refractivity contribution in [2.75, 3.05) is 0 Å². The van der Waals surface area contributed by atoms with Crippen LogP contribution in [-0.2, 0) is 12.0 Å². The van der Waals surface area contributed by atoms with Gasteiger partial charge in [0, 0.05) is 33.0 Å². The SMILES string of the molecule is CC1(C)c2ccccc2-c2ccc(C(N)=NC(=NCc3cccc(-c4ccc5c(c4)c4ccccc4n5-c4ccccc4)c3)c3ccccc3)cc21. The summed E-state index contributed by atoms with van der Waals surface area (Å²) in [5, 5.41) is 2.47. The van der Waals surface area contributed by atoms with Gasteiger partial charge < -0.3 is 10.3 Å². The van der Waals surface area contributed by atoms with E-state index in [0.717, 1.165) is 27.9 Å². The highest BCUT2D eigenvalue weighted by molar-refractivity contribution is 6.12. The van der Waals surface area contributed by atoms with Crippen molar-refractivity contribution in [2.45, 2.75) is 25.8 Å². The summed E-state index contributed by atoms with van der Waals surface area (Å²) < 4.78 is 2.35. The molecule has 0 fully saturated rings. The highest BCUT2D eigenvalue weighted by atomic mass is 15.0. The maximum Gasteiger partial charge on any atom is 0.157 e. The third-order valence-corrected chi connectivity index (χ3v) is 10.5. The van der Waals surface area contributed by atoms with E-state index in [1.807, 2.05) is 30.3 Å². The molecule has 0 saturated carbocycles. The van der Waals surface area contributed by atoms with Crippen LogP contribution in [0.5, 0.6) is 0 Å². The highest BCUT2D eigenvalue weighted by Crippen LogP contribution is 2.48. The molecule has 8 aromatic rings. The van der Waals surface area contributed by atoms with Crippen molar-refractivity contribution in [1.82, 2.24) is 4.57 Å². The molecule has 1 aliphatic carbocycles. The first-order valence-corrected chi connectivity index (χ1v) is 17.8. The molecule has 0 unspecified atom stereocenters. The lowest BCUT2D eigenvalue weighted by Crippen LogP contribution is -2.19. The zero-order valence-electron chi connectivity index (χ0n) is 29.3. The molecule has 1 heterocycles. The van der Waals surface area contributed by atoms with Crippen LogP contribution in [0.1, 0.15) is 41.7 Å². The van der Waals surface area contributed by atoms with Crippen LogP contribution >= 0.6 is 0 Å². The molecule has 52 heavy (non-hydrogen) atoms. The number of amidine groups is 2. The van der Waals surface area contributed by atoms with E-state index >= 15 is 0 Å². The molecule has 7 aromatic carbocycles. The fraction of sp³-hybridized carbons (Fsp3) is 0.0833. The van der Waals surface area contributed by atoms with Gasteiger partial charge in [-0.25, -0.2) is 4.99 Å². The van der Waals surface area contributed by atoms with Crippen LogP contribution in [0, 0.1) is 0 Å². The van der Waals surface area contributed by atoms with Gasteiger partial charge in [0.2, 0.25) is 0 Å². The molecule has 0 aliphatic heterocycles. The van der Waals surface area contributed by atoms with Gasteiger partial charge in [0.1, 0.15) is 5.84 Å². The Bertz CT molecular complexity index is 2680. The lowest BCUT2D eigenvalue weighted by Gasteiger charge is -2.21. The van der Waals surface area contributed by atoms with Crippen molar-refractivity contribution < 1.29 is 0 Å². The summed E-state index contributed by atoms with van der Waals surface area (Å²) in [4.78, 5) is 10.0. The van der Waals surface area contributed by atoms with Crippen LogP contribution in [-0.4, -0.2) is 16.2 Å². The van der Waals surface area contributed by atoms with Crippen molar-refractivity contribution in [3.63, 3.8) is 0 Å². The topological polar surface area (TPSA) is 55.7 Å². The number of hydrogen-bond donors (Lipinski definition) is 1. The fourth-order valence-electron chi connectivity index (χ4n) is 7.84. The van der Waals surface area contributed by atoms with Gasteiger partial charge in [-0.15, -0.1) is 0 Å². The maximum absolute atomic E-state index is 6.78. The van der Waals surface area contributed by atoms with Gasteiger partial charge >= 0.3 is 0 Å². The van der Waals surface area contributed by atoms with Gasteiger partial charge in [0.15, 0.2) is 5.84 Å². The smallest absolute Gasteiger partial charge is 0.157 e. The van der Waals surface area contributed by atoms with Crippen LogP contribution in [0.3, 0.4) is 0 Å². The van der Waals surface area contributed by atoms with Gasteiger partial charge in [-0.05, 0) is 81.4 Å². The molecular formula is C48H38N4. The number of nitrogens with two attached hydrogens (primary N) is 1. The number of fused-ring (bicyclic) bond motifs is 6. The lowest BCUT2D eigenvalue weighted by atomic mass is 9.82. The minimum absolute atomic E-state index is 0.118. The largest absolute Gasteiger partial charge is 0.383 e. The molecule has 0 radical (unpaired) electrons. The minimum atomic E-state index is -0.118. The monoisotopic (exact) mass is 670 g/mol. The molecule has 0 saturated heterocycles. The van der Waals surface area contributed by atoms with E-state index in [9.17, 15) is 0 Å². The molecule has 4 nitrogen and oxygen atoms in total. The molecule has 0 bridgehead atoms. The molecule has 2 N–H and O–H groups in total. The van der Waals surface area contributed by atoms with E-state index < -0.39 is 0 Å². The Labute approximate surface area is 304 Å². The van der Waals surface area contributed by atoms with Crippen LogP contribution in [0.15, 0.2) is 180 Å². The molecule has 250 valence electrons. The average molecular weight is 671 g/mol. The average Bonchev–Trinajstić information content (AvgIpc) is 3.65. The van der Waals surface area contributed by atoms with Crippen LogP contribution in [0.25, 0.3) is 49.7 Å². The zero-order chi connectivity index (χ0) is 35.2. The van der Waals surface area contributed by atoms with Crippen LogP contribution in [0.4, 0.5) is 0 Å². The van der Waals surface area contributed by atoms with E-state index in [0.29, 0.717) is 18.2 Å². The Morgan fingerprint density at radius 3 is 2.10 bits per heavy atom. The molecule has 1 aliphatic rings. The molecular weight excluding hydrogens is 633 g/mol. The molecule has 9 rings (SSSR count). The second kappa shape index (κ2) is 12.7. The maximum atomic E-state index is 6.78. The number of benzene rings is 7. The second-order valence-corrected chi connectivity index (χ2v) is 14.1. The number of nitrogens with zero attached hydrogens (tertiary/aromatic N) is 3. The minimum Gasteiger partial charge on any atom is -0.383 e. The van der Waals surface area contributed by atoms with Crippen LogP contribution in [0.2, 0.25) is 0 Å². The number of para-hydroxylation sites is 2. The van der Waals surface area contributed by atoms with Gasteiger partial charge in [-0.2, -0.15) is 0 Å². The zero-order valence-corrected chi connectivity index (χ0v) is 29.3. The fourth-order valence-corrected chi connectivity index (χ4v) is 7.84. The standard InChI is InChI=1S/C48H38N4/c1-48(2)42-22-11-9-20-38(42)39-26-24-36(30-43(39)48)46(49)51-47(33-15-5-3-6-16-33)50-31-32-14-13-17-34(28-32)35-25-27-45-41(29-35)40-21-10-12-23-44(40)52(45)37-18-7-4-8-19-37/h3-30H,31H2,1-2H3,(H2,49,50,51). The van der Waals surface area contributed by atoms with Crippen molar-refractivity contribution in [1.29, 1.82) is 0 Å². The van der Waals surface area contributed by atoms with Gasteiger partial charge in [0.25, 0.3) is 0 Å². The summed E-state index contributed by atoms with van der Waals surface area (Å²) in [7, 11) is 0. The third kappa shape index (κ3) is 5.41. The Morgan fingerprint density at radius 2 is 1.25 bits per heavy atom. The van der Waals surface area contributed by atoms with Gasteiger partial charge in [-0.3, -0.25) is 4.99 Å². The van der Waals surface area contributed by atoms with Gasteiger partial charge in [-0.1, -0.05) is 141 Å². The van der Waals surface area contributed by atoms with Crippen molar-refractivity contribution in [2.24, 2.45) is 15.7 Å². The molecule has 1 aromatic heterocycles. The Balaban J connectivity index is 1.05. The quantitative estimate of drug-likeness (QED) is 0.139. The van der Waals surface area contributed by atoms with E-state index in [1.54, 1.807) is 0 Å². The summed E-state index contributed by atoms with van der Waals surface area (Å²) in [6.45, 7) is 5.03. The first-order chi connectivity index (χ1) is 25.5. The van der Waals surface area contributed by atoms with E-state index in [4.69, 9.17) is 15.7 Å². The molecule has 0 spiro atoms. The third-order valence-electron chi connectivity index (χ3n) is 10.5. The number of aliphatic imine (C=N–C) groups is 2. The highest BCUT2D eigenvalue weighted by Gasteiger charge is 2.35. The summed E-state index contributed by atoms with van der Waals surface area (Å²) in [6.07, 6.45) is 0. The summed E-state index contributed by atoms with van der Waals surface area (Å²) >= 11 is 0. The second-order valence-electron chi connectivity index (χ2n) is 14.1. The Hall–Kier alpha value is -6.52. The first kappa shape index (κ1) is 31.5. The predicted octanol–water partition coefficient (Wildman–Crippen LogP) is 11.1. The first-order valence-electron chi connectivity index (χ1n) is 17.8. The summed E-state index contributed by atoms with van der Waals surface area (Å²) in [5.41, 5.74) is 20.6. The molecule has 4 heteroatoms. The number of rotatable bonds is 6. The molecule has 0 atom stereocenters. The summed E-state index contributed by atoms with van der Waals surface area (Å²) in [6, 6.07) is 59.9. The summed E-state index contributed by atoms with van der Waals surface area (Å²) in [5.74, 6) is 1.07. The van der Waals surface area contributed by atoms with Crippen LogP contribution < -0.4 is 5.73 Å². The lowest BCUT2D eigenvalue weighted by molar-refractivity contribution is 0.660. The van der Waals surface area contributed by atoms with E-state index in [1.165, 1.54) is 49.6 Å². The van der Waals surface area contributed by atoms with Crippen molar-refractivity contribution in [3.05, 3.63) is 198 Å². The molecule has 0 amide bonds. The predicted molar refractivity (Wildman–Crippen MR) is 218 cm³/mol. The Morgan fingerprint density at radius 1 is 0.558 bits per heavy atom. The Kier molecular flexibility index (Phi) is 7.66.